The average molecular weight is 933 g/mol. The number of phenols is 1. The minimum Gasteiger partial charge on any atom is -0.507 e. The predicted molar refractivity (Wildman–Crippen MR) is 235 cm³/mol. The van der Waals surface area contributed by atoms with Crippen molar-refractivity contribution in [3.8, 4) is 78.6 Å². The van der Waals surface area contributed by atoms with Crippen LogP contribution >= 0.6 is 0 Å². The van der Waals surface area contributed by atoms with Gasteiger partial charge in [-0.05, 0) is 87.7 Å². The Morgan fingerprint density at radius 1 is 0.621 bits per heavy atom. The number of aryl methyl sites for hydroxylation is 1. The number of fused-ring (bicyclic) bond motifs is 1. The Morgan fingerprint density at radius 2 is 1.29 bits per heavy atom. The first kappa shape index (κ1) is 37.2. The zero-order valence-electron chi connectivity index (χ0n) is 33.6. The summed E-state index contributed by atoms with van der Waals surface area (Å²) < 4.78 is 10.6. The summed E-state index contributed by atoms with van der Waals surface area (Å²) in [6.45, 7) is 6.00. The van der Waals surface area contributed by atoms with Crippen LogP contribution in [-0.2, 0) is 27.5 Å². The summed E-state index contributed by atoms with van der Waals surface area (Å²) in [5.41, 5.74) is 15.6. The summed E-state index contributed by atoms with van der Waals surface area (Å²) in [4.78, 5) is 10.2. The third kappa shape index (κ3) is 7.44. The van der Waals surface area contributed by atoms with E-state index in [1.165, 1.54) is 16.7 Å². The molecule has 2 heterocycles. The van der Waals surface area contributed by atoms with E-state index in [0.717, 1.165) is 73.3 Å². The fourth-order valence-corrected chi connectivity index (χ4v) is 7.74. The Balaban J connectivity index is 0.00000484. The van der Waals surface area contributed by atoms with E-state index in [2.05, 4.69) is 133 Å². The molecule has 1 N–H and O–H groups in total. The molecule has 58 heavy (non-hydrogen) atoms. The normalized spacial score (nSPS) is 11.6. The van der Waals surface area contributed by atoms with Gasteiger partial charge in [-0.25, -0.2) is 4.98 Å². The van der Waals surface area contributed by atoms with E-state index in [1.807, 2.05) is 68.6 Å². The van der Waals surface area contributed by atoms with E-state index in [0.29, 0.717) is 11.4 Å². The zero-order valence-corrected chi connectivity index (χ0v) is 34.8. The summed E-state index contributed by atoms with van der Waals surface area (Å²) >= 11 is 0. The van der Waals surface area contributed by atoms with Gasteiger partial charge in [0.25, 0.3) is 0 Å². The van der Waals surface area contributed by atoms with Crippen molar-refractivity contribution in [2.75, 3.05) is 0 Å². The first-order valence-corrected chi connectivity index (χ1v) is 19.4. The molecular weight excluding hydrogens is 890 g/mol. The Morgan fingerprint density at radius 3 is 2.02 bits per heavy atom. The van der Waals surface area contributed by atoms with E-state index >= 15 is 0 Å². The van der Waals surface area contributed by atoms with E-state index in [4.69, 9.17) is 11.3 Å². The van der Waals surface area contributed by atoms with Crippen molar-refractivity contribution in [1.29, 1.82) is 0 Å². The zero-order chi connectivity index (χ0) is 39.8. The van der Waals surface area contributed by atoms with Gasteiger partial charge < -0.3 is 5.11 Å². The summed E-state index contributed by atoms with van der Waals surface area (Å²) in [5.74, 6) is 0.155. The van der Waals surface area contributed by atoms with Crippen LogP contribution in [0.3, 0.4) is 0 Å². The number of para-hydroxylation sites is 2. The fraction of sp³-hybridized carbons (Fsp3) is 0.0943. The van der Waals surface area contributed by atoms with Gasteiger partial charge in [-0.3, -0.25) is 9.55 Å². The number of aromatic hydroxyl groups is 1. The monoisotopic (exact) mass is 932 g/mol. The largest absolute Gasteiger partial charge is 0.507 e. The van der Waals surface area contributed by atoms with E-state index < -0.39 is 5.89 Å². The van der Waals surface area contributed by atoms with Crippen molar-refractivity contribution in [3.63, 3.8) is 0 Å². The second-order valence-corrected chi connectivity index (χ2v) is 14.6. The Hall–Kier alpha value is -6.35. The molecular formula is C53H42N3OPt-. The van der Waals surface area contributed by atoms with Crippen molar-refractivity contribution in [3.05, 3.63) is 193 Å². The van der Waals surface area contributed by atoms with Crippen LogP contribution in [0.5, 0.6) is 5.75 Å². The van der Waals surface area contributed by atoms with Crippen LogP contribution < -0.4 is 0 Å². The summed E-state index contributed by atoms with van der Waals surface area (Å²) in [7, 11) is 0. The summed E-state index contributed by atoms with van der Waals surface area (Å²) in [6, 6.07) is 61.6. The fourth-order valence-electron chi connectivity index (χ4n) is 7.74. The van der Waals surface area contributed by atoms with Crippen LogP contribution in [0.25, 0.3) is 83.9 Å². The van der Waals surface area contributed by atoms with Crippen molar-refractivity contribution < 1.29 is 27.5 Å². The molecule has 0 spiro atoms. The molecule has 5 heteroatoms. The van der Waals surface area contributed by atoms with Crippen molar-refractivity contribution in [1.82, 2.24) is 14.5 Å². The Labute approximate surface area is 356 Å². The van der Waals surface area contributed by atoms with E-state index in [9.17, 15) is 5.11 Å². The number of hydrogen-bond donors (Lipinski definition) is 1. The maximum absolute atomic E-state index is 11.2. The molecule has 0 unspecified atom stereocenters. The molecule has 0 fully saturated rings. The van der Waals surface area contributed by atoms with Crippen molar-refractivity contribution >= 4 is 11.0 Å². The van der Waals surface area contributed by atoms with Gasteiger partial charge >= 0.3 is 0 Å². The van der Waals surface area contributed by atoms with Crippen LogP contribution in [0, 0.1) is 6.07 Å². The van der Waals surface area contributed by atoms with E-state index in [1.54, 1.807) is 6.07 Å². The molecule has 0 bridgehead atoms. The van der Waals surface area contributed by atoms with Crippen LogP contribution in [0.2, 0.25) is 0 Å². The molecule has 7 aromatic carbocycles. The molecule has 286 valence electrons. The van der Waals surface area contributed by atoms with Gasteiger partial charge in [0, 0.05) is 40.0 Å². The first-order valence-electron chi connectivity index (χ1n) is 19.9. The predicted octanol–water partition coefficient (Wildman–Crippen LogP) is 13.6. The van der Waals surface area contributed by atoms with Crippen molar-refractivity contribution in [2.24, 2.45) is 0 Å². The van der Waals surface area contributed by atoms with Crippen LogP contribution in [0.4, 0.5) is 0 Å². The third-order valence-corrected chi connectivity index (χ3v) is 10.7. The maximum Gasteiger partial charge on any atom is 0.148 e. The first-order chi connectivity index (χ1) is 28.2. The van der Waals surface area contributed by atoms with Gasteiger partial charge in [0.1, 0.15) is 11.6 Å². The Bertz CT molecular complexity index is 2920. The van der Waals surface area contributed by atoms with Crippen molar-refractivity contribution in [2.45, 2.75) is 33.1 Å². The number of benzene rings is 7. The van der Waals surface area contributed by atoms with Gasteiger partial charge in [0.2, 0.25) is 0 Å². The van der Waals surface area contributed by atoms with Gasteiger partial charge in [0.05, 0.1) is 16.6 Å². The standard InChI is InChI=1S/C53H42N3O.Pt/c1-4-36-33-45(26-27-46(36)40-16-9-6-10-17-40)56-50-20-13-19-47(52(50)55-53(56)48-18-11-12-21-51(48)57)43-30-42(38-14-7-5-8-15-38)31-44(32-43)49-34-41(28-29-54-49)39-24-22-37(23-25-39)35(2)3;/h5-31,33-35,57H,4H2,1-3H3;/q-1;/i35D;. The molecule has 0 aliphatic heterocycles. The van der Waals surface area contributed by atoms with Crippen LogP contribution in [0.1, 0.15) is 39.2 Å². The van der Waals surface area contributed by atoms with Gasteiger partial charge in [-0.1, -0.05) is 159 Å². The van der Waals surface area contributed by atoms with Gasteiger partial charge in [-0.15, -0.1) is 23.8 Å². The van der Waals surface area contributed by atoms with Gasteiger partial charge in [-0.2, -0.15) is 0 Å². The molecule has 9 rings (SSSR count). The minimum absolute atomic E-state index is 0. The number of rotatable bonds is 9. The number of imidazole rings is 1. The van der Waals surface area contributed by atoms with Crippen LogP contribution in [-0.4, -0.2) is 19.6 Å². The number of hydrogen-bond acceptors (Lipinski definition) is 3. The molecule has 0 radical (unpaired) electrons. The summed E-state index contributed by atoms with van der Waals surface area (Å²) in [5, 5.41) is 11.2. The minimum atomic E-state index is -0.669. The molecule has 0 atom stereocenters. The molecule has 9 aromatic rings. The second-order valence-electron chi connectivity index (χ2n) is 14.6. The number of pyridine rings is 1. The number of nitrogens with zero attached hydrogens (tertiary/aromatic N) is 3. The SMILES string of the molecule is [2H]C(C)(C)c1ccc(-c2ccnc(-c3[c-]c(-c4cccc5c4nc(-c4ccccc4O)n5-c4ccc(-c5ccccc5)c(CC)c4)cc(-c4ccccc4)c3)c2)cc1.[Pt]. The molecule has 2 aromatic heterocycles. The third-order valence-electron chi connectivity index (χ3n) is 10.7. The molecule has 0 saturated heterocycles. The summed E-state index contributed by atoms with van der Waals surface area (Å²) in [6.07, 6.45) is 2.71. The molecule has 0 amide bonds. The average Bonchev–Trinajstić information content (AvgIpc) is 3.66. The number of aromatic nitrogens is 3. The quantitative estimate of drug-likeness (QED) is 0.147. The second kappa shape index (κ2) is 16.6. The Kier molecular flexibility index (Phi) is 10.7. The van der Waals surface area contributed by atoms with Crippen LogP contribution in [0.15, 0.2) is 176 Å². The molecule has 0 aliphatic carbocycles. The topological polar surface area (TPSA) is 50.9 Å². The molecule has 0 saturated carbocycles. The van der Waals surface area contributed by atoms with E-state index in [-0.39, 0.29) is 26.8 Å². The number of phenolic OH excluding ortho intramolecular Hbond substituents is 1. The smallest absolute Gasteiger partial charge is 0.148 e. The van der Waals surface area contributed by atoms with Gasteiger partial charge in [0.15, 0.2) is 0 Å². The molecule has 0 aliphatic rings. The maximum atomic E-state index is 11.2. The molecule has 4 nitrogen and oxygen atoms in total.